The quantitative estimate of drug-likeness (QED) is 0.499. The number of hydrogen-bond donors (Lipinski definition) is 0. The van der Waals surface area contributed by atoms with Gasteiger partial charge in [0, 0.05) is 19.6 Å². The molecule has 0 aliphatic heterocycles. The van der Waals surface area contributed by atoms with Crippen molar-refractivity contribution >= 4 is 5.97 Å². The van der Waals surface area contributed by atoms with E-state index < -0.39 is 0 Å². The van der Waals surface area contributed by atoms with Gasteiger partial charge in [-0.2, -0.15) is 0 Å². The number of benzene rings is 3. The van der Waals surface area contributed by atoms with Crippen molar-refractivity contribution in [2.45, 2.75) is 19.0 Å². The van der Waals surface area contributed by atoms with E-state index in [-0.39, 0.29) is 11.9 Å². The molecule has 0 aliphatic carbocycles. The maximum atomic E-state index is 12.6. The molecular formula is C25H27NO3. The van der Waals surface area contributed by atoms with Crippen LogP contribution in [0.15, 0.2) is 84.9 Å². The summed E-state index contributed by atoms with van der Waals surface area (Å²) in [6.07, 6.45) is 0. The molecule has 0 heterocycles. The molecule has 4 nitrogen and oxygen atoms in total. The van der Waals surface area contributed by atoms with Gasteiger partial charge in [0.15, 0.2) is 0 Å². The number of nitrogens with zero attached hydrogens (tertiary/aromatic N) is 1. The Labute approximate surface area is 172 Å². The van der Waals surface area contributed by atoms with Crippen molar-refractivity contribution in [3.8, 4) is 5.75 Å². The van der Waals surface area contributed by atoms with Crippen LogP contribution in [-0.4, -0.2) is 31.6 Å². The van der Waals surface area contributed by atoms with Crippen LogP contribution in [-0.2, 0) is 22.6 Å². The minimum atomic E-state index is -0.344. The summed E-state index contributed by atoms with van der Waals surface area (Å²) in [5, 5.41) is 0. The van der Waals surface area contributed by atoms with Crippen LogP contribution in [0.3, 0.4) is 0 Å². The molecule has 1 atom stereocenters. The van der Waals surface area contributed by atoms with Crippen molar-refractivity contribution in [2.75, 3.05) is 20.8 Å². The van der Waals surface area contributed by atoms with Crippen molar-refractivity contribution in [1.29, 1.82) is 0 Å². The Morgan fingerprint density at radius 2 is 1.34 bits per heavy atom. The van der Waals surface area contributed by atoms with Crippen LogP contribution in [0, 0.1) is 0 Å². The predicted octanol–water partition coefficient (Wildman–Crippen LogP) is 4.65. The highest BCUT2D eigenvalue weighted by Crippen LogP contribution is 2.22. The van der Waals surface area contributed by atoms with E-state index in [1.54, 1.807) is 7.11 Å². The van der Waals surface area contributed by atoms with Gasteiger partial charge in [-0.15, -0.1) is 0 Å². The Morgan fingerprint density at radius 3 is 1.90 bits per heavy atom. The van der Waals surface area contributed by atoms with Gasteiger partial charge in [-0.05, 0) is 28.8 Å². The lowest BCUT2D eigenvalue weighted by molar-refractivity contribution is -0.143. The van der Waals surface area contributed by atoms with Gasteiger partial charge in [-0.25, -0.2) is 0 Å². The number of carbonyl (C=O) groups is 1. The lowest BCUT2D eigenvalue weighted by atomic mass is 9.98. The van der Waals surface area contributed by atoms with Gasteiger partial charge < -0.3 is 9.47 Å². The fourth-order valence-corrected chi connectivity index (χ4v) is 3.42. The van der Waals surface area contributed by atoms with Crippen LogP contribution >= 0.6 is 0 Å². The molecule has 3 aromatic rings. The highest BCUT2D eigenvalue weighted by atomic mass is 16.5. The third kappa shape index (κ3) is 5.93. The maximum absolute atomic E-state index is 12.6. The van der Waals surface area contributed by atoms with Crippen molar-refractivity contribution in [3.05, 3.63) is 102 Å². The van der Waals surface area contributed by atoms with E-state index in [1.807, 2.05) is 60.7 Å². The molecule has 0 N–H and O–H groups in total. The van der Waals surface area contributed by atoms with Crippen LogP contribution in [0.25, 0.3) is 0 Å². The molecule has 150 valence electrons. The lowest BCUT2D eigenvalue weighted by Gasteiger charge is -2.27. The zero-order chi connectivity index (χ0) is 20.5. The topological polar surface area (TPSA) is 38.8 Å². The number of methoxy groups -OCH3 is 2. The first kappa shape index (κ1) is 20.6. The first-order valence-electron chi connectivity index (χ1n) is 9.71. The highest BCUT2D eigenvalue weighted by molar-refractivity contribution is 5.78. The van der Waals surface area contributed by atoms with Crippen molar-refractivity contribution in [2.24, 2.45) is 0 Å². The second-order valence-corrected chi connectivity index (χ2v) is 6.99. The number of esters is 1. The molecule has 0 unspecified atom stereocenters. The predicted molar refractivity (Wildman–Crippen MR) is 115 cm³/mol. The molecule has 0 aliphatic rings. The SMILES string of the molecule is COC(=O)[C@H](CN(Cc1ccccc1)Cc1ccc(OC)cc1)c1ccccc1. The van der Waals surface area contributed by atoms with E-state index in [0.29, 0.717) is 6.54 Å². The van der Waals surface area contributed by atoms with Crippen LogP contribution in [0.1, 0.15) is 22.6 Å². The molecule has 4 heteroatoms. The Kier molecular flexibility index (Phi) is 7.42. The Bertz CT molecular complexity index is 879. The Morgan fingerprint density at radius 1 is 0.793 bits per heavy atom. The largest absolute Gasteiger partial charge is 0.497 e. The molecule has 0 saturated carbocycles. The third-order valence-corrected chi connectivity index (χ3v) is 4.94. The molecule has 3 rings (SSSR count). The summed E-state index contributed by atoms with van der Waals surface area (Å²) < 4.78 is 10.4. The molecule has 0 radical (unpaired) electrons. The molecule has 3 aromatic carbocycles. The van der Waals surface area contributed by atoms with Gasteiger partial charge in [-0.3, -0.25) is 9.69 Å². The Balaban J connectivity index is 1.84. The van der Waals surface area contributed by atoms with Gasteiger partial charge in [-0.1, -0.05) is 72.8 Å². The van der Waals surface area contributed by atoms with E-state index in [9.17, 15) is 4.79 Å². The maximum Gasteiger partial charge on any atom is 0.314 e. The standard InChI is InChI=1S/C25H27NO3/c1-28-23-15-13-21(14-16-23)18-26(17-20-9-5-3-6-10-20)19-24(25(27)29-2)22-11-7-4-8-12-22/h3-16,24H,17-19H2,1-2H3/t24-/m1/s1. The minimum absolute atomic E-state index is 0.219. The smallest absolute Gasteiger partial charge is 0.314 e. The van der Waals surface area contributed by atoms with Gasteiger partial charge in [0.1, 0.15) is 5.75 Å². The second kappa shape index (κ2) is 10.4. The monoisotopic (exact) mass is 389 g/mol. The van der Waals surface area contributed by atoms with Crippen molar-refractivity contribution in [1.82, 2.24) is 4.90 Å². The van der Waals surface area contributed by atoms with Gasteiger partial charge in [0.05, 0.1) is 20.1 Å². The summed E-state index contributed by atoms with van der Waals surface area (Å²) in [5.41, 5.74) is 3.34. The normalized spacial score (nSPS) is 11.8. The fourth-order valence-electron chi connectivity index (χ4n) is 3.42. The van der Waals surface area contributed by atoms with E-state index in [2.05, 4.69) is 29.2 Å². The summed E-state index contributed by atoms with van der Waals surface area (Å²) >= 11 is 0. The van der Waals surface area contributed by atoms with Gasteiger partial charge >= 0.3 is 5.97 Å². The molecular weight excluding hydrogens is 362 g/mol. The minimum Gasteiger partial charge on any atom is -0.497 e. The summed E-state index contributed by atoms with van der Waals surface area (Å²) in [6.45, 7) is 2.03. The van der Waals surface area contributed by atoms with E-state index in [0.717, 1.165) is 24.4 Å². The molecule has 29 heavy (non-hydrogen) atoms. The van der Waals surface area contributed by atoms with Crippen LogP contribution < -0.4 is 4.74 Å². The number of ether oxygens (including phenoxy) is 2. The van der Waals surface area contributed by atoms with Crippen molar-refractivity contribution < 1.29 is 14.3 Å². The molecule has 0 saturated heterocycles. The Hall–Kier alpha value is -3.11. The first-order valence-corrected chi connectivity index (χ1v) is 9.71. The zero-order valence-corrected chi connectivity index (χ0v) is 17.0. The lowest BCUT2D eigenvalue weighted by Crippen LogP contribution is -2.32. The molecule has 0 bridgehead atoms. The molecule has 0 amide bonds. The van der Waals surface area contributed by atoms with Crippen molar-refractivity contribution in [3.63, 3.8) is 0 Å². The average Bonchev–Trinajstić information content (AvgIpc) is 2.78. The molecule has 0 aromatic heterocycles. The highest BCUT2D eigenvalue weighted by Gasteiger charge is 2.24. The average molecular weight is 389 g/mol. The summed E-state index contributed by atoms with van der Waals surface area (Å²) in [6, 6.07) is 28.2. The molecule has 0 spiro atoms. The molecule has 0 fully saturated rings. The summed E-state index contributed by atoms with van der Waals surface area (Å²) in [5.74, 6) is 0.271. The summed E-state index contributed by atoms with van der Waals surface area (Å²) in [4.78, 5) is 14.9. The van der Waals surface area contributed by atoms with Crippen LogP contribution in [0.2, 0.25) is 0 Å². The zero-order valence-electron chi connectivity index (χ0n) is 17.0. The summed E-state index contributed by atoms with van der Waals surface area (Å²) in [7, 11) is 3.11. The number of rotatable bonds is 9. The second-order valence-electron chi connectivity index (χ2n) is 6.99. The first-order chi connectivity index (χ1) is 14.2. The number of hydrogen-bond acceptors (Lipinski definition) is 4. The number of carbonyl (C=O) groups excluding carboxylic acids is 1. The van der Waals surface area contributed by atoms with Crippen LogP contribution in [0.4, 0.5) is 0 Å². The van der Waals surface area contributed by atoms with Gasteiger partial charge in [0.2, 0.25) is 0 Å². The fraction of sp³-hybridized carbons (Fsp3) is 0.240. The third-order valence-electron chi connectivity index (χ3n) is 4.94. The van der Waals surface area contributed by atoms with Gasteiger partial charge in [0.25, 0.3) is 0 Å². The van der Waals surface area contributed by atoms with E-state index in [4.69, 9.17) is 9.47 Å². The van der Waals surface area contributed by atoms with E-state index in [1.165, 1.54) is 18.2 Å². The van der Waals surface area contributed by atoms with Crippen LogP contribution in [0.5, 0.6) is 5.75 Å². The van der Waals surface area contributed by atoms with E-state index >= 15 is 0 Å².